The van der Waals surface area contributed by atoms with Crippen LogP contribution in [-0.4, -0.2) is 18.0 Å². The van der Waals surface area contributed by atoms with E-state index in [2.05, 4.69) is 33.8 Å². The normalized spacial score (nSPS) is 39.1. The van der Waals surface area contributed by atoms with E-state index in [0.717, 1.165) is 24.7 Å². The Bertz CT molecular complexity index is 476. The molecule has 0 heterocycles. The third-order valence-corrected chi connectivity index (χ3v) is 7.09. The lowest BCUT2D eigenvalue weighted by atomic mass is 9.47. The van der Waals surface area contributed by atoms with Crippen LogP contribution in [0.2, 0.25) is 0 Å². The Labute approximate surface area is 135 Å². The van der Waals surface area contributed by atoms with Gasteiger partial charge in [-0.15, -0.1) is 0 Å². The maximum Gasteiger partial charge on any atom is 0.142 e. The maximum atomic E-state index is 10.7. The second-order valence-corrected chi connectivity index (χ2v) is 8.00. The van der Waals surface area contributed by atoms with Crippen LogP contribution >= 0.6 is 0 Å². The molecule has 2 heteroatoms. The van der Waals surface area contributed by atoms with Crippen molar-refractivity contribution < 1.29 is 9.90 Å². The van der Waals surface area contributed by atoms with Gasteiger partial charge in [0.2, 0.25) is 0 Å². The molecule has 1 fully saturated rings. The van der Waals surface area contributed by atoms with Gasteiger partial charge in [0.25, 0.3) is 0 Å². The number of aliphatic hydroxyl groups is 1. The number of rotatable bonds is 5. The Morgan fingerprint density at radius 3 is 2.77 bits per heavy atom. The largest absolute Gasteiger partial charge is 0.392 e. The first-order valence-electron chi connectivity index (χ1n) is 8.79. The zero-order chi connectivity index (χ0) is 16.4. The first-order chi connectivity index (χ1) is 10.4. The summed E-state index contributed by atoms with van der Waals surface area (Å²) in [5.74, 6) is 1.41. The van der Waals surface area contributed by atoms with Crippen molar-refractivity contribution in [2.24, 2.45) is 22.7 Å². The molecule has 0 spiro atoms. The van der Waals surface area contributed by atoms with Crippen molar-refractivity contribution in [1.29, 1.82) is 0 Å². The number of aldehydes is 1. The quantitative estimate of drug-likeness (QED) is 0.455. The first-order valence-corrected chi connectivity index (χ1v) is 8.79. The van der Waals surface area contributed by atoms with Crippen LogP contribution in [-0.2, 0) is 4.79 Å². The van der Waals surface area contributed by atoms with E-state index in [1.807, 2.05) is 0 Å². The molecule has 0 aromatic rings. The van der Waals surface area contributed by atoms with E-state index in [4.69, 9.17) is 0 Å². The first kappa shape index (κ1) is 17.5. The molecule has 22 heavy (non-hydrogen) atoms. The molecule has 0 saturated heterocycles. The average molecular weight is 304 g/mol. The topological polar surface area (TPSA) is 37.3 Å². The minimum Gasteiger partial charge on any atom is -0.392 e. The van der Waals surface area contributed by atoms with Gasteiger partial charge in [0.15, 0.2) is 0 Å². The standard InChI is InChI=1S/C20H32O2/c1-15-6-5-7-18-19(15,3)11-8-16(2)20(18,4)12-9-17(14-22)10-13-21/h6,10,13,16,18,22H,5,7-9,11-12,14H2,1-4H3/b17-10+/t16-,18+,19+,20+/m1/s1. The Balaban J connectivity index is 2.24. The van der Waals surface area contributed by atoms with E-state index in [0.29, 0.717) is 22.7 Å². The zero-order valence-electron chi connectivity index (χ0n) is 14.7. The molecule has 1 saturated carbocycles. The highest BCUT2D eigenvalue weighted by molar-refractivity contribution is 5.66. The van der Waals surface area contributed by atoms with Gasteiger partial charge < -0.3 is 5.11 Å². The number of carbonyl (C=O) groups excluding carboxylic acids is 1. The third-order valence-electron chi connectivity index (χ3n) is 7.09. The van der Waals surface area contributed by atoms with Crippen molar-refractivity contribution in [1.82, 2.24) is 0 Å². The Hall–Kier alpha value is -0.890. The van der Waals surface area contributed by atoms with Gasteiger partial charge >= 0.3 is 0 Å². The number of hydrogen-bond donors (Lipinski definition) is 1. The van der Waals surface area contributed by atoms with Gasteiger partial charge in [-0.2, -0.15) is 0 Å². The summed E-state index contributed by atoms with van der Waals surface area (Å²) in [6.45, 7) is 9.63. The minimum atomic E-state index is 0.00403. The van der Waals surface area contributed by atoms with E-state index in [1.54, 1.807) is 11.6 Å². The van der Waals surface area contributed by atoms with E-state index < -0.39 is 0 Å². The Morgan fingerprint density at radius 2 is 2.14 bits per heavy atom. The summed E-state index contributed by atoms with van der Waals surface area (Å²) in [7, 11) is 0. The fourth-order valence-corrected chi connectivity index (χ4v) is 5.07. The van der Waals surface area contributed by atoms with Crippen LogP contribution in [0.5, 0.6) is 0 Å². The summed E-state index contributed by atoms with van der Waals surface area (Å²) in [5.41, 5.74) is 3.08. The van der Waals surface area contributed by atoms with Gasteiger partial charge in [-0.25, -0.2) is 0 Å². The van der Waals surface area contributed by atoms with Gasteiger partial charge in [-0.3, -0.25) is 4.79 Å². The molecule has 0 unspecified atom stereocenters. The molecule has 0 radical (unpaired) electrons. The van der Waals surface area contributed by atoms with E-state index in [-0.39, 0.29) is 6.61 Å². The lowest BCUT2D eigenvalue weighted by Crippen LogP contribution is -2.49. The number of carbonyl (C=O) groups is 1. The molecule has 2 aliphatic carbocycles. The molecular weight excluding hydrogens is 272 g/mol. The van der Waals surface area contributed by atoms with Crippen LogP contribution in [0.15, 0.2) is 23.3 Å². The lowest BCUT2D eigenvalue weighted by Gasteiger charge is -2.58. The predicted octanol–water partition coefficient (Wildman–Crippen LogP) is 4.68. The monoisotopic (exact) mass is 304 g/mol. The number of allylic oxidation sites excluding steroid dienone is 3. The van der Waals surface area contributed by atoms with Crippen LogP contribution in [0.3, 0.4) is 0 Å². The minimum absolute atomic E-state index is 0.00403. The second kappa shape index (κ2) is 6.70. The van der Waals surface area contributed by atoms with Gasteiger partial charge in [0.1, 0.15) is 6.29 Å². The van der Waals surface area contributed by atoms with Crippen LogP contribution < -0.4 is 0 Å². The lowest BCUT2D eigenvalue weighted by molar-refractivity contribution is -0.104. The fraction of sp³-hybridized carbons (Fsp3) is 0.750. The number of fused-ring (bicyclic) bond motifs is 1. The molecule has 2 nitrogen and oxygen atoms in total. The molecule has 0 bridgehead atoms. The van der Waals surface area contributed by atoms with Gasteiger partial charge in [-0.05, 0) is 79.8 Å². The van der Waals surface area contributed by atoms with E-state index in [9.17, 15) is 9.90 Å². The van der Waals surface area contributed by atoms with E-state index >= 15 is 0 Å². The second-order valence-electron chi connectivity index (χ2n) is 8.00. The van der Waals surface area contributed by atoms with Crippen molar-refractivity contribution in [3.05, 3.63) is 23.3 Å². The van der Waals surface area contributed by atoms with Crippen molar-refractivity contribution in [2.45, 2.75) is 66.2 Å². The average Bonchev–Trinajstić information content (AvgIpc) is 2.50. The number of hydrogen-bond acceptors (Lipinski definition) is 2. The summed E-state index contributed by atoms with van der Waals surface area (Å²) in [4.78, 5) is 10.7. The number of aliphatic hydroxyl groups excluding tert-OH is 1. The van der Waals surface area contributed by atoms with E-state index in [1.165, 1.54) is 25.7 Å². The molecule has 0 amide bonds. The molecule has 0 aliphatic heterocycles. The highest BCUT2D eigenvalue weighted by Gasteiger charge is 2.52. The third kappa shape index (κ3) is 2.95. The Morgan fingerprint density at radius 1 is 1.41 bits per heavy atom. The fourth-order valence-electron chi connectivity index (χ4n) is 5.07. The molecule has 124 valence electrons. The van der Waals surface area contributed by atoms with Crippen molar-refractivity contribution in [3.8, 4) is 0 Å². The predicted molar refractivity (Wildman–Crippen MR) is 91.6 cm³/mol. The Kier molecular flexibility index (Phi) is 5.32. The van der Waals surface area contributed by atoms with Crippen LogP contribution in [0.1, 0.15) is 66.2 Å². The smallest absolute Gasteiger partial charge is 0.142 e. The molecule has 0 aromatic carbocycles. The van der Waals surface area contributed by atoms with Gasteiger partial charge in [-0.1, -0.05) is 32.4 Å². The molecular formula is C20H32O2. The van der Waals surface area contributed by atoms with Crippen LogP contribution in [0, 0.1) is 22.7 Å². The molecule has 0 aromatic heterocycles. The van der Waals surface area contributed by atoms with Crippen molar-refractivity contribution in [3.63, 3.8) is 0 Å². The van der Waals surface area contributed by atoms with Crippen molar-refractivity contribution in [2.75, 3.05) is 6.61 Å². The molecule has 2 aliphatic rings. The molecule has 1 N–H and O–H groups in total. The highest BCUT2D eigenvalue weighted by Crippen LogP contribution is 2.61. The zero-order valence-corrected chi connectivity index (χ0v) is 14.7. The van der Waals surface area contributed by atoms with Gasteiger partial charge in [0, 0.05) is 0 Å². The summed E-state index contributed by atoms with van der Waals surface area (Å²) < 4.78 is 0. The maximum absolute atomic E-state index is 10.7. The molecule has 2 rings (SSSR count). The highest BCUT2D eigenvalue weighted by atomic mass is 16.3. The summed E-state index contributed by atoms with van der Waals surface area (Å²) in [5, 5.41) is 9.43. The SMILES string of the molecule is CC1=CCC[C@@H]2[C@@](C)(CC/C(=C\C=O)CO)[C@H](C)CC[C@@]12C. The van der Waals surface area contributed by atoms with Crippen LogP contribution in [0.4, 0.5) is 0 Å². The summed E-state index contributed by atoms with van der Waals surface area (Å²) in [6, 6.07) is 0. The van der Waals surface area contributed by atoms with Crippen molar-refractivity contribution >= 4 is 6.29 Å². The summed E-state index contributed by atoms with van der Waals surface area (Å²) >= 11 is 0. The van der Waals surface area contributed by atoms with Gasteiger partial charge in [0.05, 0.1) is 6.61 Å². The molecule has 4 atom stereocenters. The summed E-state index contributed by atoms with van der Waals surface area (Å²) in [6.07, 6.45) is 11.8. The van der Waals surface area contributed by atoms with Crippen LogP contribution in [0.25, 0.3) is 0 Å².